The number of rotatable bonds is 1. The fraction of sp³-hybridized carbons (Fsp3) is 0.222. The smallest absolute Gasteiger partial charge is 0.335 e. The molecule has 1 rings (SSSR count). The van der Waals surface area contributed by atoms with Gasteiger partial charge in [-0.05, 0) is 25.5 Å². The van der Waals surface area contributed by atoms with Crippen LogP contribution in [0.15, 0.2) is 18.2 Å². The van der Waals surface area contributed by atoms with E-state index >= 15 is 0 Å². The number of carboxylic acids is 1. The van der Waals surface area contributed by atoms with Crippen LogP contribution in [0.25, 0.3) is 0 Å². The van der Waals surface area contributed by atoms with Gasteiger partial charge in [-0.15, -0.1) is 0 Å². The topological polar surface area (TPSA) is 37.3 Å². The molecule has 3 heteroatoms. The maximum atomic E-state index is 10.6. The van der Waals surface area contributed by atoms with Crippen LogP contribution in [0.1, 0.15) is 21.5 Å². The Balaban J connectivity index is 0.00000121. The van der Waals surface area contributed by atoms with E-state index in [1.165, 1.54) is 0 Å². The van der Waals surface area contributed by atoms with Crippen LogP contribution in [0, 0.1) is 13.8 Å². The summed E-state index contributed by atoms with van der Waals surface area (Å²) in [6, 6.07) is 5.40. The van der Waals surface area contributed by atoms with Gasteiger partial charge in [-0.1, -0.05) is 17.7 Å². The van der Waals surface area contributed by atoms with Crippen molar-refractivity contribution in [3.05, 3.63) is 34.9 Å². The minimum Gasteiger partial charge on any atom is -0.478 e. The molecular formula is C9H10AlO2. The monoisotopic (exact) mass is 177 g/mol. The largest absolute Gasteiger partial charge is 0.478 e. The van der Waals surface area contributed by atoms with Gasteiger partial charge in [-0.3, -0.25) is 0 Å². The number of aryl methyl sites for hydroxylation is 2. The van der Waals surface area contributed by atoms with Crippen molar-refractivity contribution in [2.24, 2.45) is 0 Å². The van der Waals surface area contributed by atoms with Crippen LogP contribution >= 0.6 is 0 Å². The molecular weight excluding hydrogens is 167 g/mol. The predicted molar refractivity (Wildman–Crippen MR) is 48.6 cm³/mol. The van der Waals surface area contributed by atoms with E-state index in [0.717, 1.165) is 11.1 Å². The van der Waals surface area contributed by atoms with Gasteiger partial charge in [0.1, 0.15) is 0 Å². The molecule has 0 aliphatic rings. The van der Waals surface area contributed by atoms with Crippen molar-refractivity contribution >= 4 is 23.3 Å². The molecule has 2 nitrogen and oxygen atoms in total. The Morgan fingerprint density at radius 2 is 1.92 bits per heavy atom. The van der Waals surface area contributed by atoms with E-state index < -0.39 is 5.97 Å². The molecule has 12 heavy (non-hydrogen) atoms. The molecule has 0 saturated carbocycles. The molecule has 0 atom stereocenters. The van der Waals surface area contributed by atoms with Gasteiger partial charge in [0.05, 0.1) is 5.56 Å². The summed E-state index contributed by atoms with van der Waals surface area (Å²) in [5, 5.41) is 8.69. The minimum atomic E-state index is -0.855. The number of aromatic carboxylic acids is 1. The van der Waals surface area contributed by atoms with E-state index in [-0.39, 0.29) is 17.4 Å². The lowest BCUT2D eigenvalue weighted by molar-refractivity contribution is 0.0696. The Kier molecular flexibility index (Phi) is 4.02. The lowest BCUT2D eigenvalue weighted by Gasteiger charge is -2.00. The number of carbonyl (C=O) groups is 1. The van der Waals surface area contributed by atoms with Gasteiger partial charge in [0, 0.05) is 17.4 Å². The number of hydrogen-bond donors (Lipinski definition) is 1. The molecule has 0 spiro atoms. The molecule has 0 fully saturated rings. The highest BCUT2D eigenvalue weighted by molar-refractivity contribution is 5.89. The minimum absolute atomic E-state index is 0. The summed E-state index contributed by atoms with van der Waals surface area (Å²) in [5.41, 5.74) is 2.18. The van der Waals surface area contributed by atoms with E-state index in [1.807, 2.05) is 19.1 Å². The van der Waals surface area contributed by atoms with E-state index in [4.69, 9.17) is 5.11 Å². The van der Waals surface area contributed by atoms with Crippen molar-refractivity contribution in [3.8, 4) is 0 Å². The molecule has 1 aromatic carbocycles. The molecule has 1 aromatic rings. The highest BCUT2D eigenvalue weighted by Gasteiger charge is 2.05. The predicted octanol–water partition coefficient (Wildman–Crippen LogP) is 1.62. The van der Waals surface area contributed by atoms with E-state index in [1.54, 1.807) is 13.0 Å². The molecule has 0 unspecified atom stereocenters. The normalized spacial score (nSPS) is 8.83. The number of carboxylic acid groups (broad SMARTS) is 1. The van der Waals surface area contributed by atoms with Gasteiger partial charge >= 0.3 is 5.97 Å². The zero-order valence-corrected chi connectivity index (χ0v) is 8.32. The van der Waals surface area contributed by atoms with Crippen molar-refractivity contribution in [3.63, 3.8) is 0 Å². The van der Waals surface area contributed by atoms with Crippen LogP contribution in [-0.2, 0) is 0 Å². The van der Waals surface area contributed by atoms with E-state index in [2.05, 4.69) is 0 Å². The summed E-state index contributed by atoms with van der Waals surface area (Å²) in [7, 11) is 0. The Hall–Kier alpha value is -0.778. The maximum Gasteiger partial charge on any atom is 0.335 e. The standard InChI is InChI=1S/C9H10O2.Al/c1-6-3-4-7(2)8(5-6)9(10)11;/h3-5H,1-2H3,(H,10,11);. The second kappa shape index (κ2) is 4.30. The lowest BCUT2D eigenvalue weighted by Crippen LogP contribution is -1.99. The SMILES string of the molecule is Cc1ccc(C)c(C(=O)O)c1.[Al]. The Morgan fingerprint density at radius 3 is 2.33 bits per heavy atom. The highest BCUT2D eigenvalue weighted by atomic mass is 27.0. The number of benzene rings is 1. The summed E-state index contributed by atoms with van der Waals surface area (Å²) < 4.78 is 0. The molecule has 61 valence electrons. The summed E-state index contributed by atoms with van der Waals surface area (Å²) in [6.07, 6.45) is 0. The molecule has 0 saturated heterocycles. The fourth-order valence-electron chi connectivity index (χ4n) is 0.966. The Bertz CT molecular complexity index is 295. The van der Waals surface area contributed by atoms with Gasteiger partial charge in [0.2, 0.25) is 0 Å². The summed E-state index contributed by atoms with van der Waals surface area (Å²) in [5.74, 6) is -0.855. The maximum absolute atomic E-state index is 10.6. The molecule has 0 amide bonds. The third-order valence-corrected chi connectivity index (χ3v) is 1.62. The summed E-state index contributed by atoms with van der Waals surface area (Å²) >= 11 is 0. The zero-order valence-electron chi connectivity index (χ0n) is 7.16. The van der Waals surface area contributed by atoms with Crippen molar-refractivity contribution in [2.45, 2.75) is 13.8 Å². The molecule has 0 aliphatic carbocycles. The Morgan fingerprint density at radius 1 is 1.33 bits per heavy atom. The molecule has 0 heterocycles. The molecule has 0 bridgehead atoms. The summed E-state index contributed by atoms with van der Waals surface area (Å²) in [4.78, 5) is 10.6. The molecule has 0 aromatic heterocycles. The average Bonchev–Trinajstić information content (AvgIpc) is 1.94. The molecule has 0 aliphatic heterocycles. The lowest BCUT2D eigenvalue weighted by atomic mass is 10.1. The van der Waals surface area contributed by atoms with Gasteiger partial charge in [0.15, 0.2) is 0 Å². The summed E-state index contributed by atoms with van der Waals surface area (Å²) in [6.45, 7) is 3.68. The van der Waals surface area contributed by atoms with Crippen LogP contribution in [0.4, 0.5) is 0 Å². The van der Waals surface area contributed by atoms with Gasteiger partial charge in [-0.2, -0.15) is 0 Å². The molecule has 3 radical (unpaired) electrons. The van der Waals surface area contributed by atoms with Crippen LogP contribution < -0.4 is 0 Å². The third kappa shape index (κ3) is 2.37. The van der Waals surface area contributed by atoms with Crippen LogP contribution in [-0.4, -0.2) is 28.4 Å². The van der Waals surface area contributed by atoms with Gasteiger partial charge in [0.25, 0.3) is 0 Å². The van der Waals surface area contributed by atoms with Gasteiger partial charge in [-0.25, -0.2) is 4.79 Å². The first-order valence-corrected chi connectivity index (χ1v) is 3.42. The number of hydrogen-bond acceptors (Lipinski definition) is 1. The van der Waals surface area contributed by atoms with E-state index in [0.29, 0.717) is 5.56 Å². The highest BCUT2D eigenvalue weighted by Crippen LogP contribution is 2.09. The quantitative estimate of drug-likeness (QED) is 0.662. The third-order valence-electron chi connectivity index (χ3n) is 1.62. The van der Waals surface area contributed by atoms with Gasteiger partial charge < -0.3 is 5.11 Å². The van der Waals surface area contributed by atoms with Crippen molar-refractivity contribution in [1.82, 2.24) is 0 Å². The first kappa shape index (κ1) is 11.2. The zero-order chi connectivity index (χ0) is 8.43. The van der Waals surface area contributed by atoms with Crippen LogP contribution in [0.5, 0.6) is 0 Å². The average molecular weight is 177 g/mol. The van der Waals surface area contributed by atoms with Crippen LogP contribution in [0.3, 0.4) is 0 Å². The van der Waals surface area contributed by atoms with E-state index in [9.17, 15) is 4.79 Å². The first-order chi connectivity index (χ1) is 5.11. The molecule has 1 N–H and O–H groups in total. The second-order valence-corrected chi connectivity index (χ2v) is 2.62. The van der Waals surface area contributed by atoms with Crippen molar-refractivity contribution in [2.75, 3.05) is 0 Å². The van der Waals surface area contributed by atoms with Crippen molar-refractivity contribution < 1.29 is 9.90 Å². The van der Waals surface area contributed by atoms with Crippen LogP contribution in [0.2, 0.25) is 0 Å². The second-order valence-electron chi connectivity index (χ2n) is 2.62. The Labute approximate surface area is 82.4 Å². The fourth-order valence-corrected chi connectivity index (χ4v) is 0.966. The van der Waals surface area contributed by atoms with Crippen molar-refractivity contribution in [1.29, 1.82) is 0 Å². The first-order valence-electron chi connectivity index (χ1n) is 3.42.